The lowest BCUT2D eigenvalue weighted by atomic mass is 9.86. The molecule has 3 aromatic rings. The van der Waals surface area contributed by atoms with E-state index in [0.29, 0.717) is 5.75 Å². The van der Waals surface area contributed by atoms with Gasteiger partial charge >= 0.3 is 0 Å². The van der Waals surface area contributed by atoms with E-state index in [1.165, 1.54) is 110 Å². The molecule has 0 bridgehead atoms. The molecule has 0 radical (unpaired) electrons. The van der Waals surface area contributed by atoms with Gasteiger partial charge in [-0.3, -0.25) is 0 Å². The summed E-state index contributed by atoms with van der Waals surface area (Å²) in [6.45, 7) is 4.56. The van der Waals surface area contributed by atoms with Gasteiger partial charge in [0.1, 0.15) is 5.75 Å². The van der Waals surface area contributed by atoms with Crippen molar-refractivity contribution in [3.05, 3.63) is 76.9 Å². The van der Waals surface area contributed by atoms with Crippen molar-refractivity contribution in [3.8, 4) is 28.0 Å². The van der Waals surface area contributed by atoms with Crippen molar-refractivity contribution in [1.29, 1.82) is 0 Å². The first-order valence-corrected chi connectivity index (χ1v) is 14.3. The van der Waals surface area contributed by atoms with Crippen LogP contribution >= 0.6 is 0 Å². The number of benzene rings is 3. The van der Waals surface area contributed by atoms with Crippen LogP contribution in [0.5, 0.6) is 5.75 Å². The maximum Gasteiger partial charge on any atom is 0.123 e. The zero-order valence-corrected chi connectivity index (χ0v) is 22.0. The first-order valence-electron chi connectivity index (χ1n) is 14.3. The third kappa shape index (κ3) is 6.18. The van der Waals surface area contributed by atoms with Gasteiger partial charge in [0.25, 0.3) is 0 Å². The fraction of sp³-hybridized carbons (Fsp3) is 0.471. The number of rotatable bonds is 14. The van der Waals surface area contributed by atoms with Crippen LogP contribution < -0.4 is 0 Å². The monoisotopic (exact) mass is 468 g/mol. The molecule has 186 valence electrons. The second kappa shape index (κ2) is 13.0. The summed E-state index contributed by atoms with van der Waals surface area (Å²) in [6.07, 6.45) is 17.4. The Balaban J connectivity index is 1.65. The minimum Gasteiger partial charge on any atom is -0.507 e. The highest BCUT2D eigenvalue weighted by Crippen LogP contribution is 2.45. The lowest BCUT2D eigenvalue weighted by Gasteiger charge is -2.19. The highest BCUT2D eigenvalue weighted by molar-refractivity contribution is 5.87. The van der Waals surface area contributed by atoms with Crippen LogP contribution in [-0.2, 0) is 19.3 Å². The number of hydrogen-bond donors (Lipinski definition) is 1. The third-order valence-corrected chi connectivity index (χ3v) is 7.84. The molecule has 0 fully saturated rings. The summed E-state index contributed by atoms with van der Waals surface area (Å²) in [5.74, 6) is 0.449. The molecule has 0 saturated heterocycles. The van der Waals surface area contributed by atoms with Crippen molar-refractivity contribution in [1.82, 2.24) is 0 Å². The van der Waals surface area contributed by atoms with Gasteiger partial charge in [-0.2, -0.15) is 0 Å². The van der Waals surface area contributed by atoms with Crippen molar-refractivity contribution in [3.63, 3.8) is 0 Å². The van der Waals surface area contributed by atoms with Gasteiger partial charge in [-0.05, 0) is 77.1 Å². The molecular weight excluding hydrogens is 424 g/mol. The number of aromatic hydroxyl groups is 1. The van der Waals surface area contributed by atoms with E-state index >= 15 is 0 Å². The van der Waals surface area contributed by atoms with Gasteiger partial charge in [0.05, 0.1) is 0 Å². The van der Waals surface area contributed by atoms with Crippen LogP contribution in [0.4, 0.5) is 0 Å². The minimum atomic E-state index is 0.449. The smallest absolute Gasteiger partial charge is 0.123 e. The van der Waals surface area contributed by atoms with Crippen LogP contribution in [0.2, 0.25) is 0 Å². The number of phenols is 1. The summed E-state index contributed by atoms with van der Waals surface area (Å²) in [6, 6.07) is 19.6. The van der Waals surface area contributed by atoms with E-state index in [0.717, 1.165) is 24.8 Å². The number of unbranched alkanes of at least 4 members (excludes halogenated alkanes) is 9. The Morgan fingerprint density at radius 3 is 2.00 bits per heavy atom. The van der Waals surface area contributed by atoms with Crippen LogP contribution in [0, 0.1) is 0 Å². The fourth-order valence-electron chi connectivity index (χ4n) is 5.89. The number of hydrogen-bond acceptors (Lipinski definition) is 1. The Morgan fingerprint density at radius 1 is 0.600 bits per heavy atom. The van der Waals surface area contributed by atoms with Crippen molar-refractivity contribution in [2.24, 2.45) is 0 Å². The fourth-order valence-corrected chi connectivity index (χ4v) is 5.89. The van der Waals surface area contributed by atoms with Crippen LogP contribution in [-0.4, -0.2) is 5.11 Å². The Bertz CT molecular complexity index is 1090. The maximum absolute atomic E-state index is 11.2. The largest absolute Gasteiger partial charge is 0.507 e. The molecule has 0 amide bonds. The summed E-state index contributed by atoms with van der Waals surface area (Å²) in [4.78, 5) is 0. The molecule has 35 heavy (non-hydrogen) atoms. The van der Waals surface area contributed by atoms with Crippen molar-refractivity contribution in [2.45, 2.75) is 104 Å². The van der Waals surface area contributed by atoms with Crippen LogP contribution in [0.1, 0.15) is 107 Å². The molecule has 3 aromatic carbocycles. The molecule has 1 aliphatic carbocycles. The Kier molecular flexibility index (Phi) is 9.46. The van der Waals surface area contributed by atoms with Crippen molar-refractivity contribution >= 4 is 0 Å². The topological polar surface area (TPSA) is 20.2 Å². The summed E-state index contributed by atoms with van der Waals surface area (Å²) in [7, 11) is 0. The zero-order valence-electron chi connectivity index (χ0n) is 22.0. The highest BCUT2D eigenvalue weighted by atomic mass is 16.3. The molecule has 0 saturated carbocycles. The van der Waals surface area contributed by atoms with Gasteiger partial charge in [0.2, 0.25) is 0 Å². The molecule has 0 heterocycles. The standard InChI is InChI=1S/C34H44O/c1-3-5-7-9-11-13-20-29-26(17-12-10-8-6-4-2)23-24-33(35)34(29)31-22-16-21-30-28-19-15-14-18-27(28)25-32(30)31/h14-16,18-19,21-24,35H,3-13,17,20,25H2,1-2H3. The molecular formula is C34H44O. The molecule has 0 spiro atoms. The van der Waals surface area contributed by atoms with Gasteiger partial charge in [0.15, 0.2) is 0 Å². The van der Waals surface area contributed by atoms with E-state index in [1.54, 1.807) is 0 Å². The summed E-state index contributed by atoms with van der Waals surface area (Å²) >= 11 is 0. The minimum absolute atomic E-state index is 0.449. The highest BCUT2D eigenvalue weighted by Gasteiger charge is 2.24. The molecule has 1 N–H and O–H groups in total. The van der Waals surface area contributed by atoms with Gasteiger partial charge in [-0.15, -0.1) is 0 Å². The van der Waals surface area contributed by atoms with E-state index in [-0.39, 0.29) is 0 Å². The normalized spacial score (nSPS) is 12.1. The average Bonchev–Trinajstić information content (AvgIpc) is 3.26. The quantitative estimate of drug-likeness (QED) is 0.182. The molecule has 1 heteroatoms. The first-order chi connectivity index (χ1) is 17.2. The van der Waals surface area contributed by atoms with Crippen LogP contribution in [0.25, 0.3) is 22.3 Å². The van der Waals surface area contributed by atoms with E-state index in [4.69, 9.17) is 0 Å². The molecule has 0 unspecified atom stereocenters. The van der Waals surface area contributed by atoms with E-state index in [9.17, 15) is 5.11 Å². The Hall–Kier alpha value is -2.54. The predicted molar refractivity (Wildman–Crippen MR) is 151 cm³/mol. The van der Waals surface area contributed by atoms with Crippen molar-refractivity contribution in [2.75, 3.05) is 0 Å². The number of aryl methyl sites for hydroxylation is 1. The maximum atomic E-state index is 11.2. The molecule has 0 atom stereocenters. The lowest BCUT2D eigenvalue weighted by Crippen LogP contribution is -2.01. The second-order valence-electron chi connectivity index (χ2n) is 10.4. The zero-order chi connectivity index (χ0) is 24.5. The summed E-state index contributed by atoms with van der Waals surface area (Å²) in [5.41, 5.74) is 10.7. The number of phenolic OH excluding ortho intramolecular Hbond substituents is 1. The molecule has 1 nitrogen and oxygen atoms in total. The van der Waals surface area contributed by atoms with Crippen LogP contribution in [0.3, 0.4) is 0 Å². The van der Waals surface area contributed by atoms with Gasteiger partial charge in [-0.1, -0.05) is 120 Å². The van der Waals surface area contributed by atoms with Gasteiger partial charge in [0, 0.05) is 5.56 Å². The SMILES string of the molecule is CCCCCCCCc1c(CCCCCCC)ccc(O)c1-c1cccc2c1Cc1ccccc1-2. The molecule has 0 aromatic heterocycles. The van der Waals surface area contributed by atoms with E-state index in [1.807, 2.05) is 6.07 Å². The third-order valence-electron chi connectivity index (χ3n) is 7.84. The van der Waals surface area contributed by atoms with E-state index in [2.05, 4.69) is 62.4 Å². The second-order valence-corrected chi connectivity index (χ2v) is 10.4. The lowest BCUT2D eigenvalue weighted by molar-refractivity contribution is 0.476. The summed E-state index contributed by atoms with van der Waals surface area (Å²) < 4.78 is 0. The van der Waals surface area contributed by atoms with Gasteiger partial charge in [-0.25, -0.2) is 0 Å². The summed E-state index contributed by atoms with van der Waals surface area (Å²) in [5, 5.41) is 11.2. The molecule has 4 rings (SSSR count). The Labute approximate surface area is 213 Å². The Morgan fingerprint density at radius 2 is 1.23 bits per heavy atom. The molecule has 0 aliphatic heterocycles. The van der Waals surface area contributed by atoms with Crippen LogP contribution in [0.15, 0.2) is 54.6 Å². The first kappa shape index (κ1) is 25.5. The predicted octanol–water partition coefficient (Wildman–Crippen LogP) is 10.0. The molecule has 1 aliphatic rings. The van der Waals surface area contributed by atoms with E-state index < -0.39 is 0 Å². The average molecular weight is 469 g/mol. The van der Waals surface area contributed by atoms with Crippen molar-refractivity contribution < 1.29 is 5.11 Å². The van der Waals surface area contributed by atoms with Gasteiger partial charge < -0.3 is 5.11 Å². The number of fused-ring (bicyclic) bond motifs is 3.